The van der Waals surface area contributed by atoms with E-state index in [1.54, 1.807) is 0 Å². The van der Waals surface area contributed by atoms with E-state index in [9.17, 15) is 0 Å². The molecular weight excluding hydrogens is 186 g/mol. The molecule has 1 aromatic rings. The van der Waals surface area contributed by atoms with Crippen LogP contribution in [0.2, 0.25) is 0 Å². The van der Waals surface area contributed by atoms with Gasteiger partial charge in [0.1, 0.15) is 5.82 Å². The Kier molecular flexibility index (Phi) is 2.91. The Hall–Kier alpha value is -1.09. The number of nitrogens with zero attached hydrogens (tertiary/aromatic N) is 2. The number of nitrogen functional groups attached to an aromatic ring is 1. The smallest absolute Gasteiger partial charge is 0.123 e. The maximum absolute atomic E-state index is 5.67. The van der Waals surface area contributed by atoms with E-state index in [1.165, 1.54) is 36.9 Å². The van der Waals surface area contributed by atoms with E-state index in [4.69, 9.17) is 5.73 Å². The predicted octanol–water partition coefficient (Wildman–Crippen LogP) is 2.13. The molecule has 1 aliphatic heterocycles. The topological polar surface area (TPSA) is 42.1 Å². The molecule has 82 valence electrons. The zero-order chi connectivity index (χ0) is 10.8. The first kappa shape index (κ1) is 10.4. The van der Waals surface area contributed by atoms with Crippen molar-refractivity contribution < 1.29 is 0 Å². The molecule has 1 fully saturated rings. The molecule has 3 nitrogen and oxygen atoms in total. The Morgan fingerprint density at radius 2 is 2.27 bits per heavy atom. The van der Waals surface area contributed by atoms with Crippen LogP contribution in [0.25, 0.3) is 0 Å². The second-order valence-electron chi connectivity index (χ2n) is 4.46. The summed E-state index contributed by atoms with van der Waals surface area (Å²) in [6, 6.07) is 2.50. The maximum Gasteiger partial charge on any atom is 0.123 e. The van der Waals surface area contributed by atoms with Crippen LogP contribution in [0.1, 0.15) is 36.4 Å². The van der Waals surface area contributed by atoms with Crippen LogP contribution in [0.3, 0.4) is 0 Å². The van der Waals surface area contributed by atoms with E-state index in [0.717, 1.165) is 0 Å². The van der Waals surface area contributed by atoms with Crippen molar-refractivity contribution in [2.24, 2.45) is 0 Å². The molecule has 1 atom stereocenters. The summed E-state index contributed by atoms with van der Waals surface area (Å²) >= 11 is 0. The minimum Gasteiger partial charge on any atom is -0.384 e. The van der Waals surface area contributed by atoms with Crippen molar-refractivity contribution in [2.75, 3.05) is 19.3 Å². The Labute approximate surface area is 91.3 Å². The minimum atomic E-state index is 0.534. The molecule has 0 spiro atoms. The molecule has 1 aromatic heterocycles. The summed E-state index contributed by atoms with van der Waals surface area (Å²) in [4.78, 5) is 6.62. The minimum absolute atomic E-state index is 0.534. The van der Waals surface area contributed by atoms with Crippen molar-refractivity contribution >= 4 is 5.82 Å². The number of nitrogens with two attached hydrogens (primary N) is 1. The monoisotopic (exact) mass is 205 g/mol. The average molecular weight is 205 g/mol. The molecule has 15 heavy (non-hydrogen) atoms. The van der Waals surface area contributed by atoms with Crippen molar-refractivity contribution in [3.05, 3.63) is 23.4 Å². The average Bonchev–Trinajstić information content (AvgIpc) is 2.20. The fourth-order valence-electron chi connectivity index (χ4n) is 2.41. The molecule has 0 aliphatic carbocycles. The van der Waals surface area contributed by atoms with Gasteiger partial charge in [-0.25, -0.2) is 4.98 Å². The molecule has 0 bridgehead atoms. The van der Waals surface area contributed by atoms with Gasteiger partial charge >= 0.3 is 0 Å². The largest absolute Gasteiger partial charge is 0.384 e. The lowest BCUT2D eigenvalue weighted by Crippen LogP contribution is -2.30. The van der Waals surface area contributed by atoms with Gasteiger partial charge in [0, 0.05) is 12.2 Å². The molecule has 2 rings (SSSR count). The number of piperidine rings is 1. The van der Waals surface area contributed by atoms with Crippen LogP contribution in [0, 0.1) is 6.92 Å². The van der Waals surface area contributed by atoms with E-state index in [1.807, 2.05) is 12.3 Å². The van der Waals surface area contributed by atoms with Crippen molar-refractivity contribution in [2.45, 2.75) is 32.2 Å². The Balaban J connectivity index is 2.27. The molecule has 3 heteroatoms. The van der Waals surface area contributed by atoms with E-state index >= 15 is 0 Å². The molecule has 1 aliphatic rings. The lowest BCUT2D eigenvalue weighted by molar-refractivity contribution is 0.186. The first-order chi connectivity index (χ1) is 7.18. The van der Waals surface area contributed by atoms with Crippen LogP contribution in [0.4, 0.5) is 5.82 Å². The predicted molar refractivity (Wildman–Crippen MR) is 62.6 cm³/mol. The summed E-state index contributed by atoms with van der Waals surface area (Å²) in [5, 5.41) is 0. The number of pyridine rings is 1. The summed E-state index contributed by atoms with van der Waals surface area (Å²) in [5.74, 6) is 0.620. The summed E-state index contributed by atoms with van der Waals surface area (Å²) < 4.78 is 0. The number of likely N-dealkylation sites (tertiary alicyclic amines) is 1. The van der Waals surface area contributed by atoms with E-state index in [2.05, 4.69) is 23.9 Å². The zero-order valence-corrected chi connectivity index (χ0v) is 9.53. The van der Waals surface area contributed by atoms with Gasteiger partial charge in [-0.05, 0) is 50.6 Å². The van der Waals surface area contributed by atoms with Gasteiger partial charge < -0.3 is 5.73 Å². The van der Waals surface area contributed by atoms with Crippen molar-refractivity contribution in [1.29, 1.82) is 0 Å². The number of hydrogen-bond donors (Lipinski definition) is 1. The van der Waals surface area contributed by atoms with Gasteiger partial charge in [-0.1, -0.05) is 6.42 Å². The van der Waals surface area contributed by atoms with Gasteiger partial charge in [0.2, 0.25) is 0 Å². The highest BCUT2D eigenvalue weighted by molar-refractivity contribution is 5.37. The molecule has 2 heterocycles. The summed E-state index contributed by atoms with van der Waals surface area (Å²) in [6.07, 6.45) is 5.81. The number of aromatic nitrogens is 1. The molecule has 0 saturated carbocycles. The van der Waals surface area contributed by atoms with Gasteiger partial charge in [0.15, 0.2) is 0 Å². The quantitative estimate of drug-likeness (QED) is 0.763. The molecule has 2 N–H and O–H groups in total. The third kappa shape index (κ3) is 2.12. The fraction of sp³-hybridized carbons (Fsp3) is 0.583. The van der Waals surface area contributed by atoms with Gasteiger partial charge in [0.25, 0.3) is 0 Å². The lowest BCUT2D eigenvalue weighted by Gasteiger charge is -2.33. The number of anilines is 1. The third-order valence-corrected chi connectivity index (χ3v) is 3.30. The normalized spacial score (nSPS) is 22.9. The molecule has 1 saturated heterocycles. The fourth-order valence-corrected chi connectivity index (χ4v) is 2.41. The number of rotatable bonds is 1. The third-order valence-electron chi connectivity index (χ3n) is 3.30. The van der Waals surface area contributed by atoms with Crippen LogP contribution >= 0.6 is 0 Å². The van der Waals surface area contributed by atoms with E-state index in [-0.39, 0.29) is 0 Å². The summed E-state index contributed by atoms with van der Waals surface area (Å²) in [7, 11) is 2.19. The van der Waals surface area contributed by atoms with Crippen molar-refractivity contribution in [3.63, 3.8) is 0 Å². The van der Waals surface area contributed by atoms with Crippen LogP contribution in [0.5, 0.6) is 0 Å². The van der Waals surface area contributed by atoms with Crippen LogP contribution < -0.4 is 5.73 Å². The standard InChI is InChI=1S/C12H19N3/c1-9-7-12(13)14-8-10(9)11-5-3-4-6-15(11)2/h7-8,11H,3-6H2,1-2H3,(H2,13,14)/t11-/m0/s1. The second-order valence-corrected chi connectivity index (χ2v) is 4.46. The first-order valence-corrected chi connectivity index (χ1v) is 5.61. The second kappa shape index (κ2) is 4.19. The first-order valence-electron chi connectivity index (χ1n) is 5.61. The maximum atomic E-state index is 5.67. The van der Waals surface area contributed by atoms with Crippen LogP contribution in [-0.4, -0.2) is 23.5 Å². The molecule has 0 amide bonds. The van der Waals surface area contributed by atoms with E-state index in [0.29, 0.717) is 11.9 Å². The highest BCUT2D eigenvalue weighted by atomic mass is 15.1. The van der Waals surface area contributed by atoms with Gasteiger partial charge in [-0.3, -0.25) is 4.90 Å². The summed E-state index contributed by atoms with van der Waals surface area (Å²) in [5.41, 5.74) is 8.27. The van der Waals surface area contributed by atoms with Gasteiger partial charge in [-0.2, -0.15) is 0 Å². The van der Waals surface area contributed by atoms with Crippen LogP contribution in [-0.2, 0) is 0 Å². The Morgan fingerprint density at radius 3 is 2.93 bits per heavy atom. The molecular formula is C12H19N3. The highest BCUT2D eigenvalue weighted by Gasteiger charge is 2.22. The lowest BCUT2D eigenvalue weighted by atomic mass is 9.94. The van der Waals surface area contributed by atoms with Crippen molar-refractivity contribution in [1.82, 2.24) is 9.88 Å². The molecule has 0 aromatic carbocycles. The van der Waals surface area contributed by atoms with Crippen molar-refractivity contribution in [3.8, 4) is 0 Å². The molecule has 0 unspecified atom stereocenters. The Bertz CT molecular complexity index is 349. The van der Waals surface area contributed by atoms with Gasteiger partial charge in [-0.15, -0.1) is 0 Å². The number of hydrogen-bond acceptors (Lipinski definition) is 3. The summed E-state index contributed by atoms with van der Waals surface area (Å²) in [6.45, 7) is 3.31. The number of aryl methyl sites for hydroxylation is 1. The SMILES string of the molecule is Cc1cc(N)ncc1[C@@H]1CCCCN1C. The van der Waals surface area contributed by atoms with E-state index < -0.39 is 0 Å². The molecule has 0 radical (unpaired) electrons. The van der Waals surface area contributed by atoms with Gasteiger partial charge in [0.05, 0.1) is 0 Å². The Morgan fingerprint density at radius 1 is 1.47 bits per heavy atom. The van der Waals surface area contributed by atoms with Crippen LogP contribution in [0.15, 0.2) is 12.3 Å². The zero-order valence-electron chi connectivity index (χ0n) is 9.53. The highest BCUT2D eigenvalue weighted by Crippen LogP contribution is 2.31.